The minimum Gasteiger partial charge on any atom is -0.396 e. The Morgan fingerprint density at radius 1 is 1.50 bits per heavy atom. The van der Waals surface area contributed by atoms with E-state index in [4.69, 9.17) is 5.11 Å². The lowest BCUT2D eigenvalue weighted by Gasteiger charge is -2.23. The molecule has 7 heteroatoms. The summed E-state index contributed by atoms with van der Waals surface area (Å²) in [5, 5.41) is 22.0. The van der Waals surface area contributed by atoms with Gasteiger partial charge in [-0.1, -0.05) is 13.8 Å². The standard InChI is InChI=1S/C13H17FN2O4/c1-13(2,5-6-17)8-15-12(18)9-3-4-11(16(19)20)10(14)7-9/h3-4,7,17H,5-6,8H2,1-2H3,(H,15,18). The molecule has 0 radical (unpaired) electrons. The fourth-order valence-electron chi connectivity index (χ4n) is 1.61. The number of aliphatic hydroxyl groups excluding tert-OH is 1. The van der Waals surface area contributed by atoms with E-state index in [2.05, 4.69) is 5.32 Å². The van der Waals surface area contributed by atoms with Gasteiger partial charge in [0.2, 0.25) is 5.82 Å². The molecule has 0 spiro atoms. The zero-order valence-corrected chi connectivity index (χ0v) is 11.4. The summed E-state index contributed by atoms with van der Waals surface area (Å²) in [7, 11) is 0. The number of halogens is 1. The maximum atomic E-state index is 13.4. The van der Waals surface area contributed by atoms with Gasteiger partial charge in [-0.15, -0.1) is 0 Å². The molecular weight excluding hydrogens is 267 g/mol. The molecule has 0 aliphatic carbocycles. The quantitative estimate of drug-likeness (QED) is 0.616. The maximum absolute atomic E-state index is 13.4. The fourth-order valence-corrected chi connectivity index (χ4v) is 1.61. The van der Waals surface area contributed by atoms with Crippen molar-refractivity contribution in [1.29, 1.82) is 0 Å². The molecule has 0 heterocycles. The second-order valence-corrected chi connectivity index (χ2v) is 5.24. The van der Waals surface area contributed by atoms with Crippen molar-refractivity contribution in [2.24, 2.45) is 5.41 Å². The Bertz CT molecular complexity index is 517. The molecule has 0 atom stereocenters. The molecule has 6 nitrogen and oxygen atoms in total. The van der Waals surface area contributed by atoms with Crippen LogP contribution in [0.15, 0.2) is 18.2 Å². The van der Waals surface area contributed by atoms with Crippen LogP contribution >= 0.6 is 0 Å². The summed E-state index contributed by atoms with van der Waals surface area (Å²) < 4.78 is 13.4. The molecule has 0 bridgehead atoms. The van der Waals surface area contributed by atoms with Gasteiger partial charge in [0.1, 0.15) is 0 Å². The summed E-state index contributed by atoms with van der Waals surface area (Å²) in [5.74, 6) is -1.55. The highest BCUT2D eigenvalue weighted by Gasteiger charge is 2.20. The molecule has 0 saturated carbocycles. The van der Waals surface area contributed by atoms with Crippen molar-refractivity contribution in [3.63, 3.8) is 0 Å². The minimum atomic E-state index is -1.04. The molecule has 110 valence electrons. The van der Waals surface area contributed by atoms with E-state index in [1.54, 1.807) is 0 Å². The molecule has 1 aromatic carbocycles. The molecule has 0 aliphatic rings. The van der Waals surface area contributed by atoms with E-state index in [0.717, 1.165) is 12.1 Å². The number of nitrogens with one attached hydrogen (secondary N) is 1. The molecule has 20 heavy (non-hydrogen) atoms. The van der Waals surface area contributed by atoms with Crippen LogP contribution in [0, 0.1) is 21.3 Å². The van der Waals surface area contributed by atoms with E-state index in [-0.39, 0.29) is 17.6 Å². The SMILES string of the molecule is CC(C)(CCO)CNC(=O)c1ccc([N+](=O)[O-])c(F)c1. The van der Waals surface area contributed by atoms with Crippen LogP contribution < -0.4 is 5.32 Å². The van der Waals surface area contributed by atoms with E-state index in [1.165, 1.54) is 6.07 Å². The van der Waals surface area contributed by atoms with E-state index < -0.39 is 22.3 Å². The highest BCUT2D eigenvalue weighted by atomic mass is 19.1. The third-order valence-electron chi connectivity index (χ3n) is 2.92. The van der Waals surface area contributed by atoms with Gasteiger partial charge in [-0.05, 0) is 24.0 Å². The monoisotopic (exact) mass is 284 g/mol. The fraction of sp³-hybridized carbons (Fsp3) is 0.462. The number of hydrogen-bond donors (Lipinski definition) is 2. The number of nitrogens with zero attached hydrogens (tertiary/aromatic N) is 1. The predicted octanol–water partition coefficient (Wildman–Crippen LogP) is 1.87. The smallest absolute Gasteiger partial charge is 0.304 e. The summed E-state index contributed by atoms with van der Waals surface area (Å²) >= 11 is 0. The van der Waals surface area contributed by atoms with Gasteiger partial charge in [0.15, 0.2) is 0 Å². The number of nitro benzene ring substituents is 1. The number of aliphatic hydroxyl groups is 1. The Labute approximate surface area is 115 Å². The van der Waals surface area contributed by atoms with Crippen molar-refractivity contribution in [3.05, 3.63) is 39.7 Å². The van der Waals surface area contributed by atoms with Crippen LogP contribution in [-0.2, 0) is 0 Å². The Hall–Kier alpha value is -2.02. The lowest BCUT2D eigenvalue weighted by molar-refractivity contribution is -0.387. The number of nitro groups is 1. The van der Waals surface area contributed by atoms with Crippen molar-refractivity contribution in [2.45, 2.75) is 20.3 Å². The van der Waals surface area contributed by atoms with E-state index in [9.17, 15) is 19.3 Å². The van der Waals surface area contributed by atoms with E-state index >= 15 is 0 Å². The topological polar surface area (TPSA) is 92.5 Å². The molecule has 2 N–H and O–H groups in total. The maximum Gasteiger partial charge on any atom is 0.304 e. The summed E-state index contributed by atoms with van der Waals surface area (Å²) in [6, 6.07) is 3.01. The molecular formula is C13H17FN2O4. The number of amides is 1. The first-order valence-electron chi connectivity index (χ1n) is 6.10. The molecule has 0 unspecified atom stereocenters. The van der Waals surface area contributed by atoms with Crippen molar-refractivity contribution >= 4 is 11.6 Å². The predicted molar refractivity (Wildman–Crippen MR) is 70.9 cm³/mol. The first-order chi connectivity index (χ1) is 9.26. The van der Waals surface area contributed by atoms with Gasteiger partial charge in [-0.2, -0.15) is 4.39 Å². The van der Waals surface area contributed by atoms with Gasteiger partial charge >= 0.3 is 5.69 Å². The molecule has 0 fully saturated rings. The number of benzene rings is 1. The first-order valence-corrected chi connectivity index (χ1v) is 6.10. The largest absolute Gasteiger partial charge is 0.396 e. The van der Waals surface area contributed by atoms with Crippen LogP contribution in [0.25, 0.3) is 0 Å². The van der Waals surface area contributed by atoms with Gasteiger partial charge < -0.3 is 10.4 Å². The molecule has 1 aromatic rings. The number of hydrogen-bond acceptors (Lipinski definition) is 4. The highest BCUT2D eigenvalue weighted by molar-refractivity contribution is 5.94. The van der Waals surface area contributed by atoms with Crippen LogP contribution in [0.3, 0.4) is 0 Å². The van der Waals surface area contributed by atoms with Crippen LogP contribution in [0.5, 0.6) is 0 Å². The number of carbonyl (C=O) groups excluding carboxylic acids is 1. The Morgan fingerprint density at radius 2 is 2.15 bits per heavy atom. The lowest BCUT2D eigenvalue weighted by atomic mass is 9.89. The summed E-state index contributed by atoms with van der Waals surface area (Å²) in [4.78, 5) is 21.4. The summed E-state index contributed by atoms with van der Waals surface area (Å²) in [6.07, 6.45) is 0.516. The van der Waals surface area contributed by atoms with E-state index in [0.29, 0.717) is 13.0 Å². The molecule has 0 aromatic heterocycles. The molecule has 0 aliphatic heterocycles. The van der Waals surface area contributed by atoms with Crippen LogP contribution in [0.4, 0.5) is 10.1 Å². The van der Waals surface area contributed by atoms with Crippen LogP contribution in [0.2, 0.25) is 0 Å². The van der Waals surface area contributed by atoms with Gasteiger partial charge in [0.05, 0.1) is 4.92 Å². The number of rotatable bonds is 6. The van der Waals surface area contributed by atoms with Crippen molar-refractivity contribution in [3.8, 4) is 0 Å². The normalized spacial score (nSPS) is 11.2. The zero-order valence-electron chi connectivity index (χ0n) is 11.4. The van der Waals surface area contributed by atoms with Gasteiger partial charge in [0, 0.05) is 24.8 Å². The first kappa shape index (κ1) is 16.0. The average Bonchev–Trinajstić information content (AvgIpc) is 2.35. The Balaban J connectivity index is 2.74. The van der Waals surface area contributed by atoms with Crippen LogP contribution in [-0.4, -0.2) is 29.1 Å². The zero-order chi connectivity index (χ0) is 15.3. The summed E-state index contributed by atoms with van der Waals surface area (Å²) in [5.41, 5.74) is -0.931. The second-order valence-electron chi connectivity index (χ2n) is 5.24. The van der Waals surface area contributed by atoms with Gasteiger partial charge in [0.25, 0.3) is 5.91 Å². The Kier molecular flexibility index (Phi) is 5.15. The number of carbonyl (C=O) groups is 1. The molecule has 0 saturated heterocycles. The Morgan fingerprint density at radius 3 is 2.65 bits per heavy atom. The van der Waals surface area contributed by atoms with Gasteiger partial charge in [-0.25, -0.2) is 0 Å². The second kappa shape index (κ2) is 6.42. The summed E-state index contributed by atoms with van der Waals surface area (Å²) in [6.45, 7) is 4.07. The lowest BCUT2D eigenvalue weighted by Crippen LogP contribution is -2.34. The van der Waals surface area contributed by atoms with Crippen molar-refractivity contribution in [1.82, 2.24) is 5.32 Å². The van der Waals surface area contributed by atoms with Gasteiger partial charge in [-0.3, -0.25) is 14.9 Å². The third kappa shape index (κ3) is 4.27. The molecule has 1 amide bonds. The van der Waals surface area contributed by atoms with Crippen molar-refractivity contribution in [2.75, 3.05) is 13.2 Å². The third-order valence-corrected chi connectivity index (χ3v) is 2.92. The molecule has 1 rings (SSSR count). The minimum absolute atomic E-state index is 0.00896. The van der Waals surface area contributed by atoms with E-state index in [1.807, 2.05) is 13.8 Å². The van der Waals surface area contributed by atoms with Crippen molar-refractivity contribution < 1.29 is 19.2 Å². The van der Waals surface area contributed by atoms with Crippen LogP contribution in [0.1, 0.15) is 30.6 Å². The average molecular weight is 284 g/mol. The highest BCUT2D eigenvalue weighted by Crippen LogP contribution is 2.20.